The number of rotatable bonds is 2. The van der Waals surface area contributed by atoms with Gasteiger partial charge in [0.25, 0.3) is 0 Å². The second kappa shape index (κ2) is 2.08. The fourth-order valence-corrected chi connectivity index (χ4v) is 0.999. The zero-order valence-electron chi connectivity index (χ0n) is 6.09. The first-order valence-corrected chi connectivity index (χ1v) is 3.22. The minimum atomic E-state index is -0.389. The Bertz CT molecular complexity index is 172. The lowest BCUT2D eigenvalue weighted by molar-refractivity contribution is -0.153. The second-order valence-corrected chi connectivity index (χ2v) is 3.28. The van der Waals surface area contributed by atoms with Crippen molar-refractivity contribution in [3.05, 3.63) is 0 Å². The summed E-state index contributed by atoms with van der Waals surface area (Å²) < 4.78 is 4.18. The van der Waals surface area contributed by atoms with Crippen molar-refractivity contribution in [2.24, 2.45) is 11.3 Å². The largest absolute Gasteiger partial charge is 0.395 e. The van der Waals surface area contributed by atoms with Gasteiger partial charge in [0, 0.05) is 0 Å². The van der Waals surface area contributed by atoms with E-state index in [2.05, 4.69) is 4.74 Å². The minimum absolute atomic E-state index is 0.0556. The van der Waals surface area contributed by atoms with Crippen molar-refractivity contribution < 1.29 is 14.3 Å². The van der Waals surface area contributed by atoms with E-state index in [4.69, 9.17) is 0 Å². The van der Waals surface area contributed by atoms with Crippen molar-refractivity contribution in [3.63, 3.8) is 0 Å². The predicted octanol–water partition coefficient (Wildman–Crippen LogP) is 0.732. The van der Waals surface area contributed by atoms with Crippen LogP contribution < -0.4 is 0 Å². The van der Waals surface area contributed by atoms with Crippen LogP contribution in [-0.2, 0) is 14.3 Å². The first-order chi connectivity index (χ1) is 4.58. The summed E-state index contributed by atoms with van der Waals surface area (Å²) in [5.74, 6) is -0.447. The summed E-state index contributed by atoms with van der Waals surface area (Å²) in [6.45, 7) is 4.14. The molecule has 56 valence electrons. The van der Waals surface area contributed by atoms with E-state index in [0.29, 0.717) is 0 Å². The highest BCUT2D eigenvalue weighted by molar-refractivity contribution is 5.81. The lowest BCUT2D eigenvalue weighted by atomic mass is 10.1. The van der Waals surface area contributed by atoms with Gasteiger partial charge < -0.3 is 4.74 Å². The molecule has 1 unspecified atom stereocenters. The molecule has 0 saturated heterocycles. The van der Waals surface area contributed by atoms with Crippen LogP contribution in [0.2, 0.25) is 0 Å². The molecule has 0 N–H and O–H groups in total. The third-order valence-electron chi connectivity index (χ3n) is 1.96. The maximum Gasteiger partial charge on any atom is 0.316 e. The van der Waals surface area contributed by atoms with Crippen molar-refractivity contribution in [2.75, 3.05) is 0 Å². The molecule has 1 fully saturated rings. The summed E-state index contributed by atoms with van der Waals surface area (Å²) >= 11 is 0. The van der Waals surface area contributed by atoms with Crippen LogP contribution >= 0.6 is 0 Å². The van der Waals surface area contributed by atoms with E-state index in [0.717, 1.165) is 6.42 Å². The molecule has 0 radical (unpaired) electrons. The first kappa shape index (κ1) is 7.25. The van der Waals surface area contributed by atoms with Crippen molar-refractivity contribution in [2.45, 2.75) is 20.3 Å². The first-order valence-electron chi connectivity index (χ1n) is 3.22. The third kappa shape index (κ3) is 1.17. The summed E-state index contributed by atoms with van der Waals surface area (Å²) in [6.07, 6.45) is 0.833. The Hall–Kier alpha value is -0.860. The Labute approximate surface area is 59.4 Å². The van der Waals surface area contributed by atoms with E-state index in [9.17, 15) is 9.59 Å². The van der Waals surface area contributed by atoms with E-state index in [1.165, 1.54) is 0 Å². The second-order valence-electron chi connectivity index (χ2n) is 3.28. The molecule has 3 heteroatoms. The van der Waals surface area contributed by atoms with Crippen LogP contribution in [0.5, 0.6) is 0 Å². The summed E-state index contributed by atoms with van der Waals surface area (Å²) in [5, 5.41) is 0. The Kier molecular flexibility index (Phi) is 1.50. The summed E-state index contributed by atoms with van der Waals surface area (Å²) in [4.78, 5) is 20.5. The maximum absolute atomic E-state index is 10.8. The van der Waals surface area contributed by atoms with Crippen LogP contribution in [-0.4, -0.2) is 12.4 Å². The monoisotopic (exact) mass is 142 g/mol. The van der Waals surface area contributed by atoms with Gasteiger partial charge in [0.15, 0.2) is 0 Å². The molecule has 0 aromatic rings. The van der Waals surface area contributed by atoms with Crippen LogP contribution in [0.1, 0.15) is 20.3 Å². The highest BCUT2D eigenvalue weighted by Gasteiger charge is 2.51. The molecule has 0 aromatic heterocycles. The van der Waals surface area contributed by atoms with Crippen LogP contribution in [0.15, 0.2) is 0 Å². The van der Waals surface area contributed by atoms with Gasteiger partial charge in [0.2, 0.25) is 0 Å². The van der Waals surface area contributed by atoms with E-state index in [-0.39, 0.29) is 23.8 Å². The van der Waals surface area contributed by atoms with Gasteiger partial charge in [-0.1, -0.05) is 13.8 Å². The number of hydrogen-bond acceptors (Lipinski definition) is 3. The minimum Gasteiger partial charge on any atom is -0.395 e. The Morgan fingerprint density at radius 1 is 1.70 bits per heavy atom. The lowest BCUT2D eigenvalue weighted by Gasteiger charge is -1.97. The molecule has 0 bridgehead atoms. The molecule has 10 heavy (non-hydrogen) atoms. The molecule has 0 spiro atoms. The average Bonchev–Trinajstić information content (AvgIpc) is 2.41. The summed E-state index contributed by atoms with van der Waals surface area (Å²) in [5.41, 5.74) is 0.0556. The average molecular weight is 142 g/mol. The van der Waals surface area contributed by atoms with Gasteiger partial charge in [0.1, 0.15) is 0 Å². The SMILES string of the molecule is CC1(C)CC1C(=O)OC=O. The van der Waals surface area contributed by atoms with E-state index in [1.807, 2.05) is 13.8 Å². The van der Waals surface area contributed by atoms with Crippen LogP contribution in [0.25, 0.3) is 0 Å². The van der Waals surface area contributed by atoms with Crippen LogP contribution in [0, 0.1) is 11.3 Å². The Morgan fingerprint density at radius 3 is 2.50 bits per heavy atom. The van der Waals surface area contributed by atoms with Gasteiger partial charge in [-0.3, -0.25) is 9.59 Å². The predicted molar refractivity (Wildman–Crippen MR) is 34.0 cm³/mol. The maximum atomic E-state index is 10.8. The standard InChI is InChI=1S/C7H10O3/c1-7(2)3-5(7)6(9)10-4-8/h4-5H,3H2,1-2H3. The molecule has 0 amide bonds. The quantitative estimate of drug-likeness (QED) is 0.324. The Morgan fingerprint density at radius 2 is 2.20 bits per heavy atom. The third-order valence-corrected chi connectivity index (χ3v) is 1.96. The van der Waals surface area contributed by atoms with Gasteiger partial charge in [-0.25, -0.2) is 0 Å². The molecule has 0 heterocycles. The Balaban J connectivity index is 2.40. The molecule has 1 atom stereocenters. The van der Waals surface area contributed by atoms with E-state index in [1.54, 1.807) is 0 Å². The van der Waals surface area contributed by atoms with Crippen molar-refractivity contribution in [1.29, 1.82) is 0 Å². The van der Waals surface area contributed by atoms with Gasteiger partial charge in [-0.2, -0.15) is 0 Å². The van der Waals surface area contributed by atoms with Gasteiger partial charge >= 0.3 is 12.4 Å². The number of esters is 1. The van der Waals surface area contributed by atoms with E-state index < -0.39 is 0 Å². The normalized spacial score (nSPS) is 27.2. The van der Waals surface area contributed by atoms with Crippen molar-refractivity contribution in [1.82, 2.24) is 0 Å². The molecule has 0 aromatic carbocycles. The molecule has 1 rings (SSSR count). The molecule has 0 aliphatic heterocycles. The molecular weight excluding hydrogens is 132 g/mol. The van der Waals surface area contributed by atoms with Crippen LogP contribution in [0.4, 0.5) is 0 Å². The van der Waals surface area contributed by atoms with Crippen molar-refractivity contribution >= 4 is 12.4 Å². The number of hydrogen-bond donors (Lipinski definition) is 0. The fraction of sp³-hybridized carbons (Fsp3) is 0.714. The highest BCUT2D eigenvalue weighted by Crippen LogP contribution is 2.51. The molecular formula is C7H10O3. The van der Waals surface area contributed by atoms with Crippen LogP contribution in [0.3, 0.4) is 0 Å². The highest BCUT2D eigenvalue weighted by atomic mass is 16.6. The smallest absolute Gasteiger partial charge is 0.316 e. The zero-order valence-corrected chi connectivity index (χ0v) is 6.09. The lowest BCUT2D eigenvalue weighted by Crippen LogP contribution is -2.08. The molecule has 1 saturated carbocycles. The summed E-state index contributed by atoms with van der Waals surface area (Å²) in [7, 11) is 0. The van der Waals surface area contributed by atoms with Gasteiger partial charge in [-0.05, 0) is 11.8 Å². The van der Waals surface area contributed by atoms with E-state index >= 15 is 0 Å². The number of carbonyl (C=O) groups excluding carboxylic acids is 2. The topological polar surface area (TPSA) is 43.4 Å². The summed E-state index contributed by atoms with van der Waals surface area (Å²) in [6, 6.07) is 0. The molecule has 3 nitrogen and oxygen atoms in total. The fourth-order valence-electron chi connectivity index (χ4n) is 0.999. The zero-order chi connectivity index (χ0) is 7.78. The number of ether oxygens (including phenoxy) is 1. The van der Waals surface area contributed by atoms with Gasteiger partial charge in [-0.15, -0.1) is 0 Å². The van der Waals surface area contributed by atoms with Gasteiger partial charge in [0.05, 0.1) is 5.92 Å². The molecule has 1 aliphatic rings. The molecule has 1 aliphatic carbocycles. The number of carbonyl (C=O) groups is 2. The van der Waals surface area contributed by atoms with Crippen molar-refractivity contribution in [3.8, 4) is 0 Å².